The van der Waals surface area contributed by atoms with E-state index in [1.54, 1.807) is 18.2 Å². The number of benzene rings is 1. The van der Waals surface area contributed by atoms with Crippen molar-refractivity contribution in [1.82, 2.24) is 9.99 Å². The summed E-state index contributed by atoms with van der Waals surface area (Å²) in [4.78, 5) is 23.3. The third-order valence-electron chi connectivity index (χ3n) is 3.04. The Bertz CT molecular complexity index is 821. The van der Waals surface area contributed by atoms with E-state index in [0.29, 0.717) is 0 Å². The maximum absolute atomic E-state index is 12.5. The van der Waals surface area contributed by atoms with E-state index in [-0.39, 0.29) is 29.2 Å². The Morgan fingerprint density at radius 3 is 2.80 bits per heavy atom. The summed E-state index contributed by atoms with van der Waals surface area (Å²) in [5.74, 6) is -0.646. The standard InChI is InChI=1S/C16H15F2N3O4/c1-24-12-6-4-5-11(15(12)25-16(17)18)9-19-20-13(22)10-21-8-3-2-7-14(21)23/h2-9,16H,10H2,1H3,(H,20,22)/b19-9-. The number of hydrogen-bond acceptors (Lipinski definition) is 5. The fourth-order valence-electron chi connectivity index (χ4n) is 1.97. The second-order valence-electron chi connectivity index (χ2n) is 4.72. The molecule has 1 aromatic heterocycles. The molecule has 0 bridgehead atoms. The zero-order chi connectivity index (χ0) is 18.2. The number of ether oxygens (including phenoxy) is 2. The highest BCUT2D eigenvalue weighted by atomic mass is 19.3. The summed E-state index contributed by atoms with van der Waals surface area (Å²) < 4.78 is 35.6. The smallest absolute Gasteiger partial charge is 0.387 e. The number of methoxy groups -OCH3 is 1. The number of halogens is 2. The Labute approximate surface area is 141 Å². The topological polar surface area (TPSA) is 81.9 Å². The molecule has 0 atom stereocenters. The molecule has 2 rings (SSSR count). The number of pyridine rings is 1. The maximum Gasteiger partial charge on any atom is 0.387 e. The molecule has 7 nitrogen and oxygen atoms in total. The number of para-hydroxylation sites is 1. The number of carbonyl (C=O) groups excluding carboxylic acids is 1. The predicted molar refractivity (Wildman–Crippen MR) is 86.1 cm³/mol. The highest BCUT2D eigenvalue weighted by Crippen LogP contribution is 2.31. The van der Waals surface area contributed by atoms with E-state index >= 15 is 0 Å². The van der Waals surface area contributed by atoms with Crippen molar-refractivity contribution in [2.75, 3.05) is 7.11 Å². The summed E-state index contributed by atoms with van der Waals surface area (Å²) in [5.41, 5.74) is 2.07. The number of nitrogens with one attached hydrogen (secondary N) is 1. The van der Waals surface area contributed by atoms with Gasteiger partial charge in [-0.25, -0.2) is 5.43 Å². The first-order valence-electron chi connectivity index (χ1n) is 7.10. The lowest BCUT2D eigenvalue weighted by atomic mass is 10.2. The van der Waals surface area contributed by atoms with Crippen LogP contribution in [0.3, 0.4) is 0 Å². The van der Waals surface area contributed by atoms with Gasteiger partial charge in [0.1, 0.15) is 6.54 Å². The zero-order valence-electron chi connectivity index (χ0n) is 13.2. The third kappa shape index (κ3) is 5.13. The van der Waals surface area contributed by atoms with Crippen molar-refractivity contribution in [3.05, 3.63) is 58.5 Å². The van der Waals surface area contributed by atoms with E-state index in [0.717, 1.165) is 6.21 Å². The van der Waals surface area contributed by atoms with Gasteiger partial charge in [-0.1, -0.05) is 12.1 Å². The third-order valence-corrected chi connectivity index (χ3v) is 3.04. The molecule has 9 heteroatoms. The molecule has 25 heavy (non-hydrogen) atoms. The largest absolute Gasteiger partial charge is 0.493 e. The Morgan fingerprint density at radius 1 is 1.32 bits per heavy atom. The van der Waals surface area contributed by atoms with Crippen LogP contribution in [0.1, 0.15) is 5.56 Å². The predicted octanol–water partition coefficient (Wildman–Crippen LogP) is 1.61. The molecule has 0 unspecified atom stereocenters. The quantitative estimate of drug-likeness (QED) is 0.607. The molecule has 0 radical (unpaired) electrons. The summed E-state index contributed by atoms with van der Waals surface area (Å²) >= 11 is 0. The number of hydrogen-bond donors (Lipinski definition) is 1. The lowest BCUT2D eigenvalue weighted by molar-refractivity contribution is -0.121. The van der Waals surface area contributed by atoms with Crippen LogP contribution in [0.5, 0.6) is 11.5 Å². The summed E-state index contributed by atoms with van der Waals surface area (Å²) in [6, 6.07) is 8.97. The Balaban J connectivity index is 2.08. The highest BCUT2D eigenvalue weighted by molar-refractivity contribution is 5.86. The summed E-state index contributed by atoms with van der Waals surface area (Å²) in [6.07, 6.45) is 2.61. The van der Waals surface area contributed by atoms with Crippen LogP contribution in [0.2, 0.25) is 0 Å². The fourth-order valence-corrected chi connectivity index (χ4v) is 1.97. The molecular weight excluding hydrogens is 336 g/mol. The fraction of sp³-hybridized carbons (Fsp3) is 0.188. The highest BCUT2D eigenvalue weighted by Gasteiger charge is 2.14. The molecule has 0 saturated heterocycles. The SMILES string of the molecule is COc1cccc(/C=N\NC(=O)Cn2ccccc2=O)c1OC(F)F. The number of aromatic nitrogens is 1. The normalized spacial score (nSPS) is 10.9. The van der Waals surface area contributed by atoms with Gasteiger partial charge in [0.05, 0.1) is 13.3 Å². The number of rotatable bonds is 7. The molecule has 0 saturated carbocycles. The molecule has 0 aliphatic rings. The molecule has 1 N–H and O–H groups in total. The molecule has 1 heterocycles. The summed E-state index contributed by atoms with van der Waals surface area (Å²) in [7, 11) is 1.31. The van der Waals surface area contributed by atoms with Crippen LogP contribution in [0.15, 0.2) is 52.5 Å². The van der Waals surface area contributed by atoms with Crippen LogP contribution in [-0.4, -0.2) is 30.4 Å². The van der Waals surface area contributed by atoms with E-state index in [9.17, 15) is 18.4 Å². The number of hydrazone groups is 1. The molecule has 132 valence electrons. The first kappa shape index (κ1) is 18.1. The second kappa shape index (κ2) is 8.57. The molecule has 0 aliphatic carbocycles. The van der Waals surface area contributed by atoms with Crippen LogP contribution < -0.4 is 20.5 Å². The minimum Gasteiger partial charge on any atom is -0.493 e. The van der Waals surface area contributed by atoms with E-state index in [1.165, 1.54) is 36.1 Å². The first-order valence-corrected chi connectivity index (χ1v) is 7.10. The summed E-state index contributed by atoms with van der Waals surface area (Å²) in [6.45, 7) is -3.27. The minimum atomic E-state index is -3.04. The zero-order valence-corrected chi connectivity index (χ0v) is 13.2. The Morgan fingerprint density at radius 2 is 2.12 bits per heavy atom. The van der Waals surface area contributed by atoms with Crippen molar-refractivity contribution >= 4 is 12.1 Å². The van der Waals surface area contributed by atoms with E-state index in [2.05, 4.69) is 15.3 Å². The van der Waals surface area contributed by atoms with Crippen molar-refractivity contribution in [3.8, 4) is 11.5 Å². The molecule has 1 aromatic carbocycles. The van der Waals surface area contributed by atoms with Gasteiger partial charge < -0.3 is 14.0 Å². The lowest BCUT2D eigenvalue weighted by Gasteiger charge is -2.12. The number of amides is 1. The molecule has 1 amide bonds. The van der Waals surface area contributed by atoms with Crippen molar-refractivity contribution in [2.45, 2.75) is 13.2 Å². The molecule has 0 spiro atoms. The molecular formula is C16H15F2N3O4. The number of nitrogens with zero attached hydrogens (tertiary/aromatic N) is 2. The average molecular weight is 351 g/mol. The van der Waals surface area contributed by atoms with Crippen molar-refractivity contribution in [3.63, 3.8) is 0 Å². The van der Waals surface area contributed by atoms with Crippen LogP contribution in [0.25, 0.3) is 0 Å². The Hall–Kier alpha value is -3.23. The van der Waals surface area contributed by atoms with Crippen molar-refractivity contribution < 1.29 is 23.0 Å². The van der Waals surface area contributed by atoms with Gasteiger partial charge in [-0.2, -0.15) is 13.9 Å². The molecule has 0 aliphatic heterocycles. The lowest BCUT2D eigenvalue weighted by Crippen LogP contribution is -2.29. The van der Waals surface area contributed by atoms with E-state index in [4.69, 9.17) is 4.74 Å². The van der Waals surface area contributed by atoms with Crippen LogP contribution in [0.4, 0.5) is 8.78 Å². The summed E-state index contributed by atoms with van der Waals surface area (Å²) in [5, 5.41) is 3.69. The van der Waals surface area contributed by atoms with Gasteiger partial charge in [0.15, 0.2) is 11.5 Å². The molecule has 2 aromatic rings. The van der Waals surface area contributed by atoms with Gasteiger partial charge in [-0.15, -0.1) is 0 Å². The number of alkyl halides is 2. The van der Waals surface area contributed by atoms with Crippen molar-refractivity contribution in [1.29, 1.82) is 0 Å². The van der Waals surface area contributed by atoms with Gasteiger partial charge in [0.2, 0.25) is 0 Å². The van der Waals surface area contributed by atoms with Gasteiger partial charge in [0, 0.05) is 17.8 Å². The van der Waals surface area contributed by atoms with Crippen LogP contribution in [-0.2, 0) is 11.3 Å². The average Bonchev–Trinajstić information content (AvgIpc) is 2.58. The van der Waals surface area contributed by atoms with E-state index in [1.807, 2.05) is 0 Å². The van der Waals surface area contributed by atoms with E-state index < -0.39 is 12.5 Å². The Kier molecular flexibility index (Phi) is 6.21. The first-order chi connectivity index (χ1) is 12.0. The second-order valence-corrected chi connectivity index (χ2v) is 4.72. The van der Waals surface area contributed by atoms with Gasteiger partial charge >= 0.3 is 6.61 Å². The molecule has 0 fully saturated rings. The van der Waals surface area contributed by atoms with Crippen LogP contribution in [0, 0.1) is 0 Å². The maximum atomic E-state index is 12.5. The van der Waals surface area contributed by atoms with Gasteiger partial charge in [0.25, 0.3) is 11.5 Å². The van der Waals surface area contributed by atoms with Gasteiger partial charge in [-0.05, 0) is 18.2 Å². The number of carbonyl (C=O) groups is 1. The van der Waals surface area contributed by atoms with Gasteiger partial charge in [-0.3, -0.25) is 9.59 Å². The minimum absolute atomic E-state index is 0.103. The monoisotopic (exact) mass is 351 g/mol. The van der Waals surface area contributed by atoms with Crippen LogP contribution >= 0.6 is 0 Å². The van der Waals surface area contributed by atoms with Crippen molar-refractivity contribution in [2.24, 2.45) is 5.10 Å².